The second-order valence-electron chi connectivity index (χ2n) is 7.02. The highest BCUT2D eigenvalue weighted by atomic mass is 16.5. The van der Waals surface area contributed by atoms with E-state index >= 15 is 0 Å². The summed E-state index contributed by atoms with van der Waals surface area (Å²) in [7, 11) is 1.73. The number of nitrogens with one attached hydrogen (secondary N) is 2. The number of hydrogen-bond donors (Lipinski definition) is 3. The number of amidine groups is 1. The van der Waals surface area contributed by atoms with Gasteiger partial charge in [0, 0.05) is 18.9 Å². The molecule has 0 atom stereocenters. The van der Waals surface area contributed by atoms with Gasteiger partial charge in [0.25, 0.3) is 5.91 Å². The van der Waals surface area contributed by atoms with E-state index in [1.54, 1.807) is 51.4 Å². The highest BCUT2D eigenvalue weighted by molar-refractivity contribution is 6.03. The lowest BCUT2D eigenvalue weighted by atomic mass is 10.1. The first-order valence-corrected chi connectivity index (χ1v) is 9.45. The number of pyridine rings is 1. The maximum Gasteiger partial charge on any atom is 0.257 e. The number of benzene rings is 1. The number of hydrogen-bond acceptors (Lipinski definition) is 5. The van der Waals surface area contributed by atoms with E-state index < -0.39 is 5.54 Å². The summed E-state index contributed by atoms with van der Waals surface area (Å²) in [4.78, 5) is 20.9. The van der Waals surface area contributed by atoms with E-state index in [1.807, 2.05) is 24.3 Å². The summed E-state index contributed by atoms with van der Waals surface area (Å²) in [6, 6.07) is 10.6. The van der Waals surface area contributed by atoms with Crippen LogP contribution in [0.1, 0.15) is 37.6 Å². The molecule has 0 aliphatic rings. The summed E-state index contributed by atoms with van der Waals surface area (Å²) in [5.41, 5.74) is 0.408. The zero-order valence-electron chi connectivity index (χ0n) is 17.3. The van der Waals surface area contributed by atoms with E-state index in [9.17, 15) is 9.90 Å². The van der Waals surface area contributed by atoms with Gasteiger partial charge in [0.05, 0.1) is 12.1 Å². The van der Waals surface area contributed by atoms with Crippen molar-refractivity contribution in [1.82, 2.24) is 10.3 Å². The van der Waals surface area contributed by atoms with Gasteiger partial charge in [-0.15, -0.1) is 0 Å². The Labute approximate surface area is 171 Å². The van der Waals surface area contributed by atoms with Crippen molar-refractivity contribution in [2.45, 2.75) is 32.7 Å². The number of nitrogens with zero attached hydrogens (tertiary/aromatic N) is 2. The van der Waals surface area contributed by atoms with Crippen LogP contribution in [0.4, 0.5) is 5.69 Å². The predicted molar refractivity (Wildman–Crippen MR) is 116 cm³/mol. The number of ether oxygens (including phenoxy) is 1. The molecule has 154 valence electrons. The molecule has 0 bridgehead atoms. The number of amides is 1. The number of aliphatic imine (C=N–C) groups is 1. The van der Waals surface area contributed by atoms with E-state index in [4.69, 9.17) is 4.74 Å². The minimum Gasteiger partial charge on any atom is -0.438 e. The van der Waals surface area contributed by atoms with Crippen molar-refractivity contribution in [1.29, 1.82) is 0 Å². The summed E-state index contributed by atoms with van der Waals surface area (Å²) >= 11 is 0. The number of anilines is 1. The Kier molecular flexibility index (Phi) is 7.91. The molecule has 0 fully saturated rings. The van der Waals surface area contributed by atoms with Crippen LogP contribution in [-0.2, 0) is 0 Å². The second kappa shape index (κ2) is 10.4. The quantitative estimate of drug-likeness (QED) is 0.466. The highest BCUT2D eigenvalue weighted by Gasteiger charge is 2.22. The fourth-order valence-electron chi connectivity index (χ4n) is 2.33. The smallest absolute Gasteiger partial charge is 0.257 e. The van der Waals surface area contributed by atoms with Gasteiger partial charge in [-0.1, -0.05) is 13.0 Å². The molecule has 2 aromatic rings. The van der Waals surface area contributed by atoms with Gasteiger partial charge in [-0.25, -0.2) is 4.98 Å². The zero-order valence-corrected chi connectivity index (χ0v) is 17.3. The minimum atomic E-state index is -0.748. The predicted octanol–water partition coefficient (Wildman–Crippen LogP) is 3.78. The molecule has 1 heterocycles. The van der Waals surface area contributed by atoms with E-state index in [0.29, 0.717) is 11.3 Å². The normalized spacial score (nSPS) is 12.1. The van der Waals surface area contributed by atoms with Crippen LogP contribution in [0.3, 0.4) is 0 Å². The Morgan fingerprint density at radius 1 is 1.28 bits per heavy atom. The molecule has 7 nitrogen and oxygen atoms in total. The largest absolute Gasteiger partial charge is 0.438 e. The first kappa shape index (κ1) is 22.1. The van der Waals surface area contributed by atoms with Crippen LogP contribution in [0.25, 0.3) is 0 Å². The third-order valence-electron chi connectivity index (χ3n) is 3.96. The van der Waals surface area contributed by atoms with Gasteiger partial charge in [-0.3, -0.25) is 9.79 Å². The van der Waals surface area contributed by atoms with Gasteiger partial charge >= 0.3 is 0 Å². The van der Waals surface area contributed by atoms with Crippen molar-refractivity contribution < 1.29 is 14.6 Å². The topological polar surface area (TPSA) is 95.8 Å². The zero-order chi connectivity index (χ0) is 21.3. The standard InChI is InChI=1S/C22H28N4O3/c1-5-6-9-19(23-4)25-16-10-12-17(13-11-16)29-21-18(8-7-14-24-21)20(28)26-22(2,3)15-27/h6-14,27H,5,15H2,1-4H3,(H,23,25)(H,26,28)/b9-6-. The van der Waals surface area contributed by atoms with E-state index in [0.717, 1.165) is 17.9 Å². The maximum absolute atomic E-state index is 12.6. The van der Waals surface area contributed by atoms with Gasteiger partial charge in [-0.2, -0.15) is 0 Å². The molecule has 0 aliphatic carbocycles. The molecule has 0 saturated carbocycles. The number of rotatable bonds is 8. The van der Waals surface area contributed by atoms with Crippen LogP contribution in [0.2, 0.25) is 0 Å². The summed E-state index contributed by atoms with van der Waals surface area (Å²) in [5.74, 6) is 1.14. The fraction of sp³-hybridized carbons (Fsp3) is 0.318. The molecular formula is C22H28N4O3. The molecule has 3 N–H and O–H groups in total. The summed E-state index contributed by atoms with van der Waals surface area (Å²) in [5, 5.41) is 15.4. The number of aromatic nitrogens is 1. The molecule has 29 heavy (non-hydrogen) atoms. The first-order valence-electron chi connectivity index (χ1n) is 9.45. The lowest BCUT2D eigenvalue weighted by Gasteiger charge is -2.23. The third kappa shape index (κ3) is 6.73. The van der Waals surface area contributed by atoms with Gasteiger partial charge in [0.2, 0.25) is 5.88 Å². The van der Waals surface area contributed by atoms with Crippen LogP contribution < -0.4 is 15.4 Å². The van der Waals surface area contributed by atoms with Crippen molar-refractivity contribution in [3.63, 3.8) is 0 Å². The van der Waals surface area contributed by atoms with Crippen LogP contribution in [0, 0.1) is 0 Å². The SMILES string of the molecule is CC/C=C\C(=NC)Nc1ccc(Oc2ncccc2C(=O)NC(C)(C)CO)cc1. The molecule has 7 heteroatoms. The van der Waals surface area contributed by atoms with Crippen LogP contribution in [0.5, 0.6) is 11.6 Å². The lowest BCUT2D eigenvalue weighted by molar-refractivity contribution is 0.0866. The molecule has 1 aromatic heterocycles. The summed E-state index contributed by atoms with van der Waals surface area (Å²) < 4.78 is 5.82. The van der Waals surface area contributed by atoms with Gasteiger partial charge in [0.15, 0.2) is 0 Å². The second-order valence-corrected chi connectivity index (χ2v) is 7.02. The number of allylic oxidation sites excluding steroid dienone is 1. The van der Waals surface area contributed by atoms with Crippen molar-refractivity contribution >= 4 is 17.4 Å². The number of aliphatic hydroxyl groups is 1. The van der Waals surface area contributed by atoms with Crippen LogP contribution in [-0.4, -0.2) is 41.0 Å². The van der Waals surface area contributed by atoms with Crippen LogP contribution in [0.15, 0.2) is 59.7 Å². The molecule has 0 spiro atoms. The van der Waals surface area contributed by atoms with Crippen molar-refractivity contribution in [3.05, 3.63) is 60.3 Å². The van der Waals surface area contributed by atoms with Gasteiger partial charge < -0.3 is 20.5 Å². The molecule has 1 aromatic carbocycles. The Bertz CT molecular complexity index is 874. The van der Waals surface area contributed by atoms with Crippen LogP contribution >= 0.6 is 0 Å². The number of carbonyl (C=O) groups excluding carboxylic acids is 1. The van der Waals surface area contributed by atoms with E-state index in [2.05, 4.69) is 27.5 Å². The van der Waals surface area contributed by atoms with E-state index in [-0.39, 0.29) is 18.4 Å². The van der Waals surface area contributed by atoms with Crippen molar-refractivity contribution in [2.24, 2.45) is 4.99 Å². The Morgan fingerprint density at radius 3 is 2.62 bits per heavy atom. The van der Waals surface area contributed by atoms with Crippen molar-refractivity contribution in [2.75, 3.05) is 19.0 Å². The third-order valence-corrected chi connectivity index (χ3v) is 3.96. The molecule has 2 rings (SSSR count). The molecule has 0 saturated heterocycles. The minimum absolute atomic E-state index is 0.180. The number of aliphatic hydroxyl groups excluding tert-OH is 1. The highest BCUT2D eigenvalue weighted by Crippen LogP contribution is 2.25. The average molecular weight is 396 g/mol. The van der Waals surface area contributed by atoms with Gasteiger partial charge in [0.1, 0.15) is 17.1 Å². The molecule has 0 radical (unpaired) electrons. The fourth-order valence-corrected chi connectivity index (χ4v) is 2.33. The molecule has 0 aliphatic heterocycles. The Balaban J connectivity index is 2.13. The summed E-state index contributed by atoms with van der Waals surface area (Å²) in [6.45, 7) is 5.35. The van der Waals surface area contributed by atoms with Gasteiger partial charge in [-0.05, 0) is 62.7 Å². The Morgan fingerprint density at radius 2 is 2.00 bits per heavy atom. The molecule has 1 amide bonds. The first-order chi connectivity index (χ1) is 13.9. The maximum atomic E-state index is 12.6. The molecular weight excluding hydrogens is 368 g/mol. The van der Waals surface area contributed by atoms with Crippen molar-refractivity contribution in [3.8, 4) is 11.6 Å². The monoisotopic (exact) mass is 396 g/mol. The average Bonchev–Trinajstić information content (AvgIpc) is 2.72. The Hall–Kier alpha value is -3.19. The number of carbonyl (C=O) groups is 1. The summed E-state index contributed by atoms with van der Waals surface area (Å²) in [6.07, 6.45) is 6.45. The van der Waals surface area contributed by atoms with E-state index in [1.165, 1.54) is 0 Å². The lowest BCUT2D eigenvalue weighted by Crippen LogP contribution is -2.46. The molecule has 0 unspecified atom stereocenters.